The van der Waals surface area contributed by atoms with Crippen LogP contribution in [0.15, 0.2) is 34.2 Å². The van der Waals surface area contributed by atoms with Crippen LogP contribution < -0.4 is 5.69 Å². The molecule has 5 nitrogen and oxygen atoms in total. The number of benzene rings is 1. The Kier molecular flexibility index (Phi) is 3.92. The van der Waals surface area contributed by atoms with E-state index in [2.05, 4.69) is 10.2 Å². The molecule has 110 valence electrons. The standard InChI is InChI=1S/C14H14FN3O2S/c15-10-3-1-9(2-4-10)12(19)7-8-21-14-17-16-13(20)18(14)11-5-6-11/h1-4,11H,5-8H2,(H,16,20). The molecule has 0 atom stereocenters. The van der Waals surface area contributed by atoms with Crippen LogP contribution in [0.5, 0.6) is 0 Å². The predicted molar refractivity (Wildman–Crippen MR) is 77.2 cm³/mol. The Bertz CT molecular complexity index is 704. The molecule has 21 heavy (non-hydrogen) atoms. The summed E-state index contributed by atoms with van der Waals surface area (Å²) in [6.45, 7) is 0. The number of nitrogens with one attached hydrogen (secondary N) is 1. The molecular weight excluding hydrogens is 293 g/mol. The van der Waals surface area contributed by atoms with Gasteiger partial charge in [-0.3, -0.25) is 9.36 Å². The Labute approximate surface area is 124 Å². The minimum atomic E-state index is -0.356. The SMILES string of the molecule is O=C(CCSc1n[nH]c(=O)n1C1CC1)c1ccc(F)cc1. The van der Waals surface area contributed by atoms with Crippen LogP contribution in [0.1, 0.15) is 35.7 Å². The summed E-state index contributed by atoms with van der Waals surface area (Å²) in [7, 11) is 0. The van der Waals surface area contributed by atoms with Crippen molar-refractivity contribution in [3.8, 4) is 0 Å². The molecule has 1 fully saturated rings. The number of H-pyrrole nitrogens is 1. The predicted octanol–water partition coefficient (Wildman–Crippen LogP) is 2.41. The molecule has 0 unspecified atom stereocenters. The van der Waals surface area contributed by atoms with E-state index < -0.39 is 0 Å². The number of ketones is 1. The normalized spacial score (nSPS) is 14.3. The summed E-state index contributed by atoms with van der Waals surface area (Å²) in [6.07, 6.45) is 2.32. The Morgan fingerprint density at radius 2 is 2.10 bits per heavy atom. The number of aromatic amines is 1. The first-order valence-electron chi connectivity index (χ1n) is 6.73. The van der Waals surface area contributed by atoms with Crippen LogP contribution in [0.25, 0.3) is 0 Å². The van der Waals surface area contributed by atoms with Crippen molar-refractivity contribution in [2.24, 2.45) is 0 Å². The van der Waals surface area contributed by atoms with Gasteiger partial charge in [0.05, 0.1) is 0 Å². The summed E-state index contributed by atoms with van der Waals surface area (Å²) < 4.78 is 14.5. The summed E-state index contributed by atoms with van der Waals surface area (Å²) in [5, 5.41) is 7.06. The number of hydrogen-bond donors (Lipinski definition) is 1. The molecule has 1 aliphatic rings. The fourth-order valence-corrected chi connectivity index (χ4v) is 3.01. The highest BCUT2D eigenvalue weighted by Crippen LogP contribution is 2.36. The summed E-state index contributed by atoms with van der Waals surface area (Å²) in [6, 6.07) is 5.78. The fraction of sp³-hybridized carbons (Fsp3) is 0.357. The third-order valence-electron chi connectivity index (χ3n) is 3.31. The van der Waals surface area contributed by atoms with Crippen molar-refractivity contribution in [2.45, 2.75) is 30.5 Å². The number of carbonyl (C=O) groups is 1. The van der Waals surface area contributed by atoms with Crippen LogP contribution in [0.3, 0.4) is 0 Å². The molecule has 1 N–H and O–H groups in total. The Hall–Kier alpha value is -1.89. The van der Waals surface area contributed by atoms with Crippen molar-refractivity contribution in [1.82, 2.24) is 14.8 Å². The van der Waals surface area contributed by atoms with Crippen LogP contribution >= 0.6 is 11.8 Å². The number of Topliss-reactive ketones (excluding diaryl/α,β-unsaturated/α-hetero) is 1. The average molecular weight is 307 g/mol. The Morgan fingerprint density at radius 3 is 2.76 bits per heavy atom. The molecule has 1 aromatic heterocycles. The highest BCUT2D eigenvalue weighted by atomic mass is 32.2. The molecule has 1 aromatic carbocycles. The highest BCUT2D eigenvalue weighted by Gasteiger charge is 2.28. The van der Waals surface area contributed by atoms with Gasteiger partial charge in [0.1, 0.15) is 5.82 Å². The lowest BCUT2D eigenvalue weighted by Crippen LogP contribution is -2.16. The van der Waals surface area contributed by atoms with E-state index in [-0.39, 0.29) is 23.3 Å². The van der Waals surface area contributed by atoms with Crippen molar-refractivity contribution in [3.63, 3.8) is 0 Å². The summed E-state index contributed by atoms with van der Waals surface area (Å²) in [5.74, 6) is 0.136. The van der Waals surface area contributed by atoms with E-state index in [4.69, 9.17) is 0 Å². The summed E-state index contributed by atoms with van der Waals surface area (Å²) in [4.78, 5) is 23.6. The van der Waals surface area contributed by atoms with Crippen LogP contribution in [-0.4, -0.2) is 26.3 Å². The van der Waals surface area contributed by atoms with Gasteiger partial charge in [-0.1, -0.05) is 11.8 Å². The van der Waals surface area contributed by atoms with Crippen LogP contribution in [0.4, 0.5) is 4.39 Å². The zero-order valence-electron chi connectivity index (χ0n) is 11.2. The monoisotopic (exact) mass is 307 g/mol. The maximum absolute atomic E-state index is 12.8. The zero-order valence-corrected chi connectivity index (χ0v) is 12.0. The van der Waals surface area contributed by atoms with Gasteiger partial charge < -0.3 is 0 Å². The van der Waals surface area contributed by atoms with Gasteiger partial charge in [0.15, 0.2) is 10.9 Å². The lowest BCUT2D eigenvalue weighted by Gasteiger charge is -2.03. The van der Waals surface area contributed by atoms with E-state index in [9.17, 15) is 14.0 Å². The van der Waals surface area contributed by atoms with Gasteiger partial charge in [-0.15, -0.1) is 5.10 Å². The van der Waals surface area contributed by atoms with E-state index in [0.717, 1.165) is 12.8 Å². The molecule has 1 aliphatic carbocycles. The molecule has 0 saturated heterocycles. The molecule has 0 aliphatic heterocycles. The second kappa shape index (κ2) is 5.85. The lowest BCUT2D eigenvalue weighted by molar-refractivity contribution is 0.0989. The minimum absolute atomic E-state index is 0.0432. The van der Waals surface area contributed by atoms with Gasteiger partial charge in [0.25, 0.3) is 0 Å². The summed E-state index contributed by atoms with van der Waals surface area (Å²) >= 11 is 1.39. The third kappa shape index (κ3) is 3.24. The number of halogens is 1. The first-order chi connectivity index (χ1) is 10.1. The molecule has 0 bridgehead atoms. The average Bonchev–Trinajstić information content (AvgIpc) is 3.24. The van der Waals surface area contributed by atoms with Gasteiger partial charge in [-0.05, 0) is 37.1 Å². The molecule has 0 amide bonds. The third-order valence-corrected chi connectivity index (χ3v) is 4.27. The van der Waals surface area contributed by atoms with E-state index in [1.54, 1.807) is 4.57 Å². The second-order valence-corrected chi connectivity index (χ2v) is 6.00. The number of rotatable bonds is 6. The Balaban J connectivity index is 1.57. The number of carbonyl (C=O) groups excluding carboxylic acids is 1. The van der Waals surface area contributed by atoms with Crippen LogP contribution in [-0.2, 0) is 0 Å². The van der Waals surface area contributed by atoms with Gasteiger partial charge in [-0.25, -0.2) is 14.3 Å². The zero-order chi connectivity index (χ0) is 14.8. The molecule has 0 spiro atoms. The molecule has 0 radical (unpaired) electrons. The number of nitrogens with zero attached hydrogens (tertiary/aromatic N) is 2. The Morgan fingerprint density at radius 1 is 1.38 bits per heavy atom. The molecular formula is C14H14FN3O2S. The van der Waals surface area contributed by atoms with Crippen molar-refractivity contribution in [3.05, 3.63) is 46.1 Å². The number of aromatic nitrogens is 3. The smallest absolute Gasteiger partial charge is 0.294 e. The van der Waals surface area contributed by atoms with Crippen molar-refractivity contribution in [2.75, 3.05) is 5.75 Å². The largest absolute Gasteiger partial charge is 0.344 e. The van der Waals surface area contributed by atoms with Gasteiger partial charge in [0.2, 0.25) is 0 Å². The first-order valence-corrected chi connectivity index (χ1v) is 7.72. The molecule has 1 heterocycles. The topological polar surface area (TPSA) is 67.8 Å². The number of hydrogen-bond acceptors (Lipinski definition) is 4. The first kappa shape index (κ1) is 14.1. The molecule has 3 rings (SSSR count). The van der Waals surface area contributed by atoms with Gasteiger partial charge in [-0.2, -0.15) is 0 Å². The maximum Gasteiger partial charge on any atom is 0.344 e. The lowest BCUT2D eigenvalue weighted by atomic mass is 10.1. The van der Waals surface area contributed by atoms with E-state index in [1.165, 1.54) is 36.0 Å². The molecule has 1 saturated carbocycles. The summed E-state index contributed by atoms with van der Waals surface area (Å²) in [5.41, 5.74) is 0.309. The van der Waals surface area contributed by atoms with Gasteiger partial charge in [0, 0.05) is 23.8 Å². The van der Waals surface area contributed by atoms with E-state index in [0.29, 0.717) is 22.9 Å². The van der Waals surface area contributed by atoms with Crippen LogP contribution in [0.2, 0.25) is 0 Å². The highest BCUT2D eigenvalue weighted by molar-refractivity contribution is 7.99. The molecule has 7 heteroatoms. The fourth-order valence-electron chi connectivity index (χ4n) is 2.06. The second-order valence-electron chi connectivity index (χ2n) is 4.94. The van der Waals surface area contributed by atoms with Gasteiger partial charge >= 0.3 is 5.69 Å². The van der Waals surface area contributed by atoms with Crippen molar-refractivity contribution in [1.29, 1.82) is 0 Å². The molecule has 2 aromatic rings. The van der Waals surface area contributed by atoms with E-state index >= 15 is 0 Å². The van der Waals surface area contributed by atoms with E-state index in [1.807, 2.05) is 0 Å². The van der Waals surface area contributed by atoms with Crippen molar-refractivity contribution >= 4 is 17.5 Å². The maximum atomic E-state index is 12.8. The van der Waals surface area contributed by atoms with Crippen LogP contribution in [0, 0.1) is 5.82 Å². The minimum Gasteiger partial charge on any atom is -0.294 e. The van der Waals surface area contributed by atoms with Crippen molar-refractivity contribution < 1.29 is 9.18 Å². The number of thioether (sulfide) groups is 1. The quantitative estimate of drug-likeness (QED) is 0.657.